The lowest BCUT2D eigenvalue weighted by Gasteiger charge is -2.07. The molecule has 0 aliphatic heterocycles. The highest BCUT2D eigenvalue weighted by molar-refractivity contribution is 6.07. The molecular formula is C15H14F2N6O2. The van der Waals surface area contributed by atoms with Gasteiger partial charge in [-0.3, -0.25) is 4.79 Å². The van der Waals surface area contributed by atoms with Crippen molar-refractivity contribution in [3.63, 3.8) is 0 Å². The second-order valence-electron chi connectivity index (χ2n) is 5.25. The molecule has 0 spiro atoms. The van der Waals surface area contributed by atoms with E-state index >= 15 is 0 Å². The molecule has 0 fully saturated rings. The minimum Gasteiger partial charge on any atom is -0.467 e. The van der Waals surface area contributed by atoms with Crippen LogP contribution in [0.4, 0.5) is 14.6 Å². The molecule has 1 N–H and O–H groups in total. The van der Waals surface area contributed by atoms with Crippen LogP contribution in [0.3, 0.4) is 0 Å². The van der Waals surface area contributed by atoms with E-state index in [2.05, 4.69) is 25.4 Å². The van der Waals surface area contributed by atoms with Crippen LogP contribution in [0.5, 0.6) is 6.01 Å². The Morgan fingerprint density at radius 2 is 1.92 bits per heavy atom. The van der Waals surface area contributed by atoms with E-state index in [4.69, 9.17) is 4.74 Å². The van der Waals surface area contributed by atoms with Crippen LogP contribution in [-0.2, 0) is 0 Å². The molecule has 0 unspecified atom stereocenters. The molecule has 3 aromatic rings. The summed E-state index contributed by atoms with van der Waals surface area (Å²) in [6, 6.07) is 2.88. The zero-order valence-electron chi connectivity index (χ0n) is 13.6. The Hall–Kier alpha value is -3.17. The van der Waals surface area contributed by atoms with Crippen LogP contribution >= 0.6 is 0 Å². The Balaban J connectivity index is 1.99. The van der Waals surface area contributed by atoms with E-state index in [-0.39, 0.29) is 28.7 Å². The largest absolute Gasteiger partial charge is 0.467 e. The van der Waals surface area contributed by atoms with Crippen molar-refractivity contribution in [2.75, 3.05) is 12.4 Å². The molecule has 0 aliphatic carbocycles. The van der Waals surface area contributed by atoms with E-state index in [9.17, 15) is 13.6 Å². The van der Waals surface area contributed by atoms with Gasteiger partial charge in [0.25, 0.3) is 12.3 Å². The van der Waals surface area contributed by atoms with Crippen molar-refractivity contribution in [3.05, 3.63) is 41.0 Å². The number of hydrogen-bond donors (Lipinski definition) is 1. The third kappa shape index (κ3) is 3.23. The highest BCUT2D eigenvalue weighted by atomic mass is 19.3. The number of aryl methyl sites for hydroxylation is 2. The quantitative estimate of drug-likeness (QED) is 0.778. The Bertz CT molecular complexity index is 957. The topological polar surface area (TPSA) is 94.3 Å². The number of amides is 1. The van der Waals surface area contributed by atoms with Crippen molar-refractivity contribution in [1.29, 1.82) is 0 Å². The number of rotatable bonds is 4. The van der Waals surface area contributed by atoms with Crippen LogP contribution < -0.4 is 10.1 Å². The van der Waals surface area contributed by atoms with Gasteiger partial charge >= 0.3 is 6.01 Å². The van der Waals surface area contributed by atoms with Gasteiger partial charge in [-0.15, -0.1) is 0 Å². The molecule has 25 heavy (non-hydrogen) atoms. The number of anilines is 1. The first-order chi connectivity index (χ1) is 11.9. The van der Waals surface area contributed by atoms with E-state index in [1.807, 2.05) is 0 Å². The number of hydrogen-bond acceptors (Lipinski definition) is 6. The van der Waals surface area contributed by atoms with Gasteiger partial charge in [0, 0.05) is 17.5 Å². The van der Waals surface area contributed by atoms with Crippen LogP contribution in [0.1, 0.15) is 33.9 Å². The highest BCUT2D eigenvalue weighted by Gasteiger charge is 2.20. The molecule has 0 aliphatic rings. The maximum Gasteiger partial charge on any atom is 0.318 e. The summed E-state index contributed by atoms with van der Waals surface area (Å²) in [6.07, 6.45) is -1.55. The zero-order valence-corrected chi connectivity index (χ0v) is 13.6. The van der Waals surface area contributed by atoms with Crippen LogP contribution in [0.2, 0.25) is 0 Å². The van der Waals surface area contributed by atoms with Gasteiger partial charge in [-0.25, -0.2) is 23.3 Å². The second kappa shape index (κ2) is 6.38. The molecule has 0 radical (unpaired) electrons. The molecule has 0 bridgehead atoms. The van der Waals surface area contributed by atoms with Crippen LogP contribution in [0.25, 0.3) is 5.65 Å². The van der Waals surface area contributed by atoms with Gasteiger partial charge in [0.2, 0.25) is 0 Å². The molecule has 10 heteroatoms. The predicted octanol–water partition coefficient (Wildman–Crippen LogP) is 2.33. The summed E-state index contributed by atoms with van der Waals surface area (Å²) >= 11 is 0. The monoisotopic (exact) mass is 348 g/mol. The van der Waals surface area contributed by atoms with E-state index in [1.165, 1.54) is 19.4 Å². The molecule has 3 rings (SSSR count). The summed E-state index contributed by atoms with van der Waals surface area (Å²) in [6.45, 7) is 3.29. The zero-order chi connectivity index (χ0) is 18.1. The first kappa shape index (κ1) is 16.7. The number of carbonyl (C=O) groups excluding carboxylic acids is 1. The average Bonchev–Trinajstić information content (AvgIpc) is 2.96. The van der Waals surface area contributed by atoms with Gasteiger partial charge in [0.05, 0.1) is 13.3 Å². The first-order valence-electron chi connectivity index (χ1n) is 7.23. The first-order valence-corrected chi connectivity index (χ1v) is 7.23. The molecule has 130 valence electrons. The second-order valence-corrected chi connectivity index (χ2v) is 5.25. The maximum absolute atomic E-state index is 13.1. The highest BCUT2D eigenvalue weighted by Crippen LogP contribution is 2.22. The van der Waals surface area contributed by atoms with Crippen LogP contribution in [0, 0.1) is 13.8 Å². The number of methoxy groups -OCH3 is 1. The van der Waals surface area contributed by atoms with Crippen molar-refractivity contribution in [3.8, 4) is 6.01 Å². The summed E-state index contributed by atoms with van der Waals surface area (Å²) in [5.74, 6) is -0.357. The van der Waals surface area contributed by atoms with Gasteiger partial charge in [0.15, 0.2) is 5.65 Å². The van der Waals surface area contributed by atoms with Crippen molar-refractivity contribution in [1.82, 2.24) is 24.6 Å². The third-order valence-corrected chi connectivity index (χ3v) is 3.35. The summed E-state index contributed by atoms with van der Waals surface area (Å²) < 4.78 is 32.2. The smallest absolute Gasteiger partial charge is 0.318 e. The number of nitrogens with one attached hydrogen (secondary N) is 1. The molecule has 8 nitrogen and oxygen atoms in total. The lowest BCUT2D eigenvalue weighted by molar-refractivity contribution is 0.102. The number of carbonyl (C=O) groups is 1. The number of alkyl halides is 2. The summed E-state index contributed by atoms with van der Waals surface area (Å²) in [4.78, 5) is 24.7. The van der Waals surface area contributed by atoms with Gasteiger partial charge in [0.1, 0.15) is 17.1 Å². The maximum atomic E-state index is 13.1. The SMILES string of the molecule is COc1nc(C)cc(NC(=O)c2cnn3c(C(F)F)cc(C)nc23)n1. The molecule has 3 heterocycles. The minimum atomic E-state index is -2.74. The standard InChI is InChI=1S/C15H14F2N6O2/c1-7-4-10(12(16)17)23-13(19-7)9(6-18-23)14(24)21-11-5-8(2)20-15(22-11)25-3/h4-6,12H,1-3H3,(H,20,21,22,24). The molecule has 0 saturated carbocycles. The Labute approximate surface area is 140 Å². The molecule has 0 saturated heterocycles. The van der Waals surface area contributed by atoms with E-state index in [0.29, 0.717) is 11.4 Å². The summed E-state index contributed by atoms with van der Waals surface area (Å²) in [5.41, 5.74) is 0.723. The number of aromatic nitrogens is 5. The van der Waals surface area contributed by atoms with Gasteiger partial charge in [-0.05, 0) is 19.9 Å². The van der Waals surface area contributed by atoms with Gasteiger partial charge in [-0.2, -0.15) is 10.1 Å². The fourth-order valence-corrected chi connectivity index (χ4v) is 2.31. The van der Waals surface area contributed by atoms with E-state index < -0.39 is 12.3 Å². The van der Waals surface area contributed by atoms with E-state index in [1.54, 1.807) is 19.9 Å². The van der Waals surface area contributed by atoms with Crippen LogP contribution in [-0.4, -0.2) is 37.6 Å². The van der Waals surface area contributed by atoms with Crippen molar-refractivity contribution in [2.24, 2.45) is 0 Å². The predicted molar refractivity (Wildman–Crippen MR) is 84.0 cm³/mol. The van der Waals surface area contributed by atoms with Gasteiger partial charge < -0.3 is 10.1 Å². The Kier molecular flexibility index (Phi) is 4.26. The lowest BCUT2D eigenvalue weighted by atomic mass is 10.3. The van der Waals surface area contributed by atoms with E-state index in [0.717, 1.165) is 4.52 Å². The third-order valence-electron chi connectivity index (χ3n) is 3.35. The lowest BCUT2D eigenvalue weighted by Crippen LogP contribution is -2.14. The average molecular weight is 348 g/mol. The van der Waals surface area contributed by atoms with Crippen molar-refractivity contribution < 1.29 is 18.3 Å². The van der Waals surface area contributed by atoms with Crippen LogP contribution in [0.15, 0.2) is 18.3 Å². The molecule has 0 aromatic carbocycles. The number of fused-ring (bicyclic) bond motifs is 1. The molecule has 3 aromatic heterocycles. The number of nitrogens with zero attached hydrogens (tertiary/aromatic N) is 5. The summed E-state index contributed by atoms with van der Waals surface area (Å²) in [7, 11) is 1.41. The fraction of sp³-hybridized carbons (Fsp3) is 0.267. The Morgan fingerprint density at radius 1 is 1.20 bits per heavy atom. The minimum absolute atomic E-state index is 0.0468. The summed E-state index contributed by atoms with van der Waals surface area (Å²) in [5, 5.41) is 6.42. The molecule has 1 amide bonds. The number of halogens is 2. The van der Waals surface area contributed by atoms with Gasteiger partial charge in [-0.1, -0.05) is 0 Å². The normalized spacial score (nSPS) is 11.1. The molecular weight excluding hydrogens is 334 g/mol. The van der Waals surface area contributed by atoms with Crippen molar-refractivity contribution >= 4 is 17.4 Å². The fourth-order valence-electron chi connectivity index (χ4n) is 2.31. The molecule has 0 atom stereocenters. The Morgan fingerprint density at radius 3 is 2.60 bits per heavy atom. The number of ether oxygens (including phenoxy) is 1. The van der Waals surface area contributed by atoms with Crippen molar-refractivity contribution in [2.45, 2.75) is 20.3 Å².